The largest absolute Gasteiger partial charge is 0.456 e. The minimum absolute atomic E-state index is 0.170. The van der Waals surface area contributed by atoms with Gasteiger partial charge in [0.2, 0.25) is 5.76 Å². The first-order valence-corrected chi connectivity index (χ1v) is 4.27. The Morgan fingerprint density at radius 1 is 1.36 bits per heavy atom. The van der Waals surface area contributed by atoms with Crippen molar-refractivity contribution in [3.05, 3.63) is 23.7 Å². The molecule has 1 heterocycles. The molecule has 0 aliphatic heterocycles. The van der Waals surface area contributed by atoms with E-state index >= 15 is 0 Å². The van der Waals surface area contributed by atoms with Gasteiger partial charge < -0.3 is 9.52 Å². The minimum atomic E-state index is -4.44. The van der Waals surface area contributed by atoms with Crippen LogP contribution in [0.15, 0.2) is 16.5 Å². The summed E-state index contributed by atoms with van der Waals surface area (Å²) in [4.78, 5) is 0. The van der Waals surface area contributed by atoms with E-state index in [4.69, 9.17) is 0 Å². The molecule has 5 heteroatoms. The summed E-state index contributed by atoms with van der Waals surface area (Å²) in [5, 5.41) is 9.45. The van der Waals surface area contributed by atoms with Crippen LogP contribution in [0.3, 0.4) is 0 Å². The normalized spacial score (nSPS) is 19.7. The molecule has 2 nitrogen and oxygen atoms in total. The molecule has 0 saturated heterocycles. The zero-order valence-corrected chi connectivity index (χ0v) is 7.27. The van der Waals surface area contributed by atoms with Crippen LogP contribution in [0.1, 0.15) is 24.4 Å². The second kappa shape index (κ2) is 2.76. The van der Waals surface area contributed by atoms with Gasteiger partial charge in [0.15, 0.2) is 0 Å². The number of hydrogen-bond acceptors (Lipinski definition) is 2. The first-order valence-electron chi connectivity index (χ1n) is 4.27. The molecule has 2 rings (SSSR count). The molecule has 0 amide bonds. The lowest BCUT2D eigenvalue weighted by Gasteiger charge is -2.04. The number of alkyl halides is 3. The van der Waals surface area contributed by atoms with Gasteiger partial charge in [0, 0.05) is 6.42 Å². The van der Waals surface area contributed by atoms with Crippen LogP contribution < -0.4 is 0 Å². The molecule has 1 N–H and O–H groups in total. The smallest absolute Gasteiger partial charge is 0.449 e. The lowest BCUT2D eigenvalue weighted by molar-refractivity contribution is -0.153. The van der Waals surface area contributed by atoms with E-state index < -0.39 is 17.5 Å². The maximum atomic E-state index is 12.1. The molecule has 0 bridgehead atoms. The van der Waals surface area contributed by atoms with Crippen LogP contribution in [0.4, 0.5) is 13.2 Å². The SMILES string of the molecule is OC1(Cc2ccc(C(F)(F)F)o2)CC1. The maximum Gasteiger partial charge on any atom is 0.449 e. The van der Waals surface area contributed by atoms with Gasteiger partial charge in [0.1, 0.15) is 5.76 Å². The van der Waals surface area contributed by atoms with Crippen molar-refractivity contribution in [2.75, 3.05) is 0 Å². The summed E-state index contributed by atoms with van der Waals surface area (Å²) in [7, 11) is 0. The Labute approximate surface area is 78.3 Å². The van der Waals surface area contributed by atoms with E-state index in [0.29, 0.717) is 12.8 Å². The molecule has 1 aromatic heterocycles. The standard InChI is InChI=1S/C9H9F3O2/c10-9(11,12)7-2-1-6(14-7)5-8(13)3-4-8/h1-2,13H,3-5H2. The Bertz CT molecular complexity index is 336. The van der Waals surface area contributed by atoms with Gasteiger partial charge in [-0.3, -0.25) is 0 Å². The first-order chi connectivity index (χ1) is 6.39. The van der Waals surface area contributed by atoms with Crippen LogP contribution in [0.25, 0.3) is 0 Å². The second-order valence-electron chi connectivity index (χ2n) is 3.66. The molecule has 1 aromatic rings. The lowest BCUT2D eigenvalue weighted by Crippen LogP contribution is -2.10. The van der Waals surface area contributed by atoms with Crippen molar-refractivity contribution in [3.63, 3.8) is 0 Å². The molecule has 1 aliphatic rings. The summed E-state index contributed by atoms with van der Waals surface area (Å²) in [6.45, 7) is 0. The fourth-order valence-electron chi connectivity index (χ4n) is 1.27. The lowest BCUT2D eigenvalue weighted by atomic mass is 10.2. The number of hydrogen-bond donors (Lipinski definition) is 1. The third-order valence-electron chi connectivity index (χ3n) is 2.27. The van der Waals surface area contributed by atoms with Gasteiger partial charge in [0.05, 0.1) is 5.60 Å². The number of rotatable bonds is 2. The maximum absolute atomic E-state index is 12.1. The van der Waals surface area contributed by atoms with E-state index in [2.05, 4.69) is 4.42 Å². The number of furan rings is 1. The number of halogens is 3. The molecule has 0 unspecified atom stereocenters. The van der Waals surface area contributed by atoms with Crippen LogP contribution in [-0.2, 0) is 12.6 Å². The molecule has 1 fully saturated rings. The van der Waals surface area contributed by atoms with Gasteiger partial charge >= 0.3 is 6.18 Å². The van der Waals surface area contributed by atoms with E-state index in [9.17, 15) is 18.3 Å². The Morgan fingerprint density at radius 3 is 2.43 bits per heavy atom. The molecule has 0 aromatic carbocycles. The molecule has 1 aliphatic carbocycles. The zero-order chi connectivity index (χ0) is 10.4. The quantitative estimate of drug-likeness (QED) is 0.805. The zero-order valence-electron chi connectivity index (χ0n) is 7.27. The summed E-state index contributed by atoms with van der Waals surface area (Å²) in [5.74, 6) is -0.811. The van der Waals surface area contributed by atoms with E-state index in [1.165, 1.54) is 6.07 Å². The van der Waals surface area contributed by atoms with Crippen molar-refractivity contribution < 1.29 is 22.7 Å². The molecule has 78 valence electrons. The molecule has 0 spiro atoms. The molecule has 0 atom stereocenters. The minimum Gasteiger partial charge on any atom is -0.456 e. The van der Waals surface area contributed by atoms with E-state index in [1.54, 1.807) is 0 Å². The van der Waals surface area contributed by atoms with Gasteiger partial charge in [-0.05, 0) is 25.0 Å². The summed E-state index contributed by atoms with van der Waals surface area (Å²) in [5.41, 5.74) is -0.819. The van der Waals surface area contributed by atoms with E-state index in [-0.39, 0.29) is 12.2 Å². The van der Waals surface area contributed by atoms with Crippen LogP contribution in [-0.4, -0.2) is 10.7 Å². The molecular formula is C9H9F3O2. The highest BCUT2D eigenvalue weighted by atomic mass is 19.4. The molecule has 1 saturated carbocycles. The fourth-order valence-corrected chi connectivity index (χ4v) is 1.27. The Balaban J connectivity index is 2.10. The van der Waals surface area contributed by atoms with Crippen molar-refractivity contribution in [1.82, 2.24) is 0 Å². The number of aliphatic hydroxyl groups is 1. The molecule has 0 radical (unpaired) electrons. The van der Waals surface area contributed by atoms with E-state index in [0.717, 1.165) is 6.07 Å². The van der Waals surface area contributed by atoms with E-state index in [1.807, 2.05) is 0 Å². The summed E-state index contributed by atoms with van der Waals surface area (Å²) in [6, 6.07) is 2.15. The fraction of sp³-hybridized carbons (Fsp3) is 0.556. The second-order valence-corrected chi connectivity index (χ2v) is 3.66. The van der Waals surface area contributed by atoms with Crippen LogP contribution in [0, 0.1) is 0 Å². The Kier molecular flexibility index (Phi) is 1.89. The first kappa shape index (κ1) is 9.58. The van der Waals surface area contributed by atoms with Crippen molar-refractivity contribution in [2.45, 2.75) is 31.0 Å². The van der Waals surface area contributed by atoms with Gasteiger partial charge in [-0.1, -0.05) is 0 Å². The van der Waals surface area contributed by atoms with Crippen LogP contribution in [0.2, 0.25) is 0 Å². The topological polar surface area (TPSA) is 33.4 Å². The predicted molar refractivity (Wildman–Crippen MR) is 41.6 cm³/mol. The van der Waals surface area contributed by atoms with Crippen molar-refractivity contribution in [2.24, 2.45) is 0 Å². The Morgan fingerprint density at radius 2 is 2.00 bits per heavy atom. The third kappa shape index (κ3) is 1.92. The highest BCUT2D eigenvalue weighted by Crippen LogP contribution is 2.39. The Hall–Kier alpha value is -0.970. The van der Waals surface area contributed by atoms with Crippen molar-refractivity contribution in [3.8, 4) is 0 Å². The van der Waals surface area contributed by atoms with Gasteiger partial charge in [0.25, 0.3) is 0 Å². The molecular weight excluding hydrogens is 197 g/mol. The highest BCUT2D eigenvalue weighted by Gasteiger charge is 2.42. The highest BCUT2D eigenvalue weighted by molar-refractivity contribution is 5.14. The van der Waals surface area contributed by atoms with Gasteiger partial charge in [-0.15, -0.1) is 0 Å². The molecule has 14 heavy (non-hydrogen) atoms. The average molecular weight is 206 g/mol. The third-order valence-corrected chi connectivity index (χ3v) is 2.27. The average Bonchev–Trinajstić information content (AvgIpc) is 2.61. The summed E-state index contributed by atoms with van der Waals surface area (Å²) >= 11 is 0. The van der Waals surface area contributed by atoms with Gasteiger partial charge in [-0.25, -0.2) is 0 Å². The summed E-state index contributed by atoms with van der Waals surface area (Å²) in [6.07, 6.45) is -3.00. The summed E-state index contributed by atoms with van der Waals surface area (Å²) < 4.78 is 40.9. The van der Waals surface area contributed by atoms with Gasteiger partial charge in [-0.2, -0.15) is 13.2 Å². The monoisotopic (exact) mass is 206 g/mol. The van der Waals surface area contributed by atoms with Crippen LogP contribution in [0.5, 0.6) is 0 Å². The van der Waals surface area contributed by atoms with Crippen molar-refractivity contribution in [1.29, 1.82) is 0 Å². The predicted octanol–water partition coefficient (Wildman–Crippen LogP) is 2.37. The van der Waals surface area contributed by atoms with Crippen LogP contribution >= 0.6 is 0 Å². The van der Waals surface area contributed by atoms with Crippen molar-refractivity contribution >= 4 is 0 Å².